The molecule has 0 aromatic heterocycles. The average molecular weight is 212 g/mol. The third kappa shape index (κ3) is 0.997. The number of hydrogen-bond acceptors (Lipinski definition) is 2. The SMILES string of the molecule is O=C1C=CC2=NCCC2=C1Br. The lowest BCUT2D eigenvalue weighted by Gasteiger charge is -2.05. The number of rotatable bonds is 0. The topological polar surface area (TPSA) is 29.4 Å². The smallest absolute Gasteiger partial charge is 0.193 e. The van der Waals surface area contributed by atoms with E-state index in [4.69, 9.17) is 0 Å². The van der Waals surface area contributed by atoms with Gasteiger partial charge in [0.1, 0.15) is 0 Å². The molecule has 0 saturated heterocycles. The molecule has 0 atom stereocenters. The fourth-order valence-electron chi connectivity index (χ4n) is 1.26. The van der Waals surface area contributed by atoms with Gasteiger partial charge in [0.05, 0.1) is 10.2 Å². The summed E-state index contributed by atoms with van der Waals surface area (Å²) in [4.78, 5) is 15.3. The Morgan fingerprint density at radius 2 is 2.27 bits per heavy atom. The second-order valence-electron chi connectivity index (χ2n) is 2.51. The number of hydrogen-bond donors (Lipinski definition) is 0. The molecule has 0 saturated carbocycles. The van der Waals surface area contributed by atoms with Crippen molar-refractivity contribution in [2.24, 2.45) is 4.99 Å². The van der Waals surface area contributed by atoms with Crippen molar-refractivity contribution in [1.29, 1.82) is 0 Å². The van der Waals surface area contributed by atoms with Gasteiger partial charge in [-0.15, -0.1) is 0 Å². The van der Waals surface area contributed by atoms with Crippen molar-refractivity contribution in [2.45, 2.75) is 6.42 Å². The van der Waals surface area contributed by atoms with E-state index in [1.165, 1.54) is 0 Å². The minimum absolute atomic E-state index is 0.0563. The number of fused-ring (bicyclic) bond motifs is 1. The van der Waals surface area contributed by atoms with E-state index < -0.39 is 0 Å². The van der Waals surface area contributed by atoms with Crippen LogP contribution in [-0.2, 0) is 4.79 Å². The molecule has 2 nitrogen and oxygen atoms in total. The molecule has 2 aliphatic rings. The van der Waals surface area contributed by atoms with Crippen molar-refractivity contribution in [3.8, 4) is 0 Å². The van der Waals surface area contributed by atoms with Crippen molar-refractivity contribution in [3.05, 3.63) is 22.2 Å². The quantitative estimate of drug-likeness (QED) is 0.561. The Kier molecular flexibility index (Phi) is 1.53. The summed E-state index contributed by atoms with van der Waals surface area (Å²) in [6, 6.07) is 0. The Hall–Kier alpha value is -0.700. The molecule has 0 unspecified atom stereocenters. The van der Waals surface area contributed by atoms with E-state index in [0.29, 0.717) is 4.48 Å². The van der Waals surface area contributed by atoms with Gasteiger partial charge in [-0.3, -0.25) is 9.79 Å². The van der Waals surface area contributed by atoms with Crippen LogP contribution in [0.1, 0.15) is 6.42 Å². The summed E-state index contributed by atoms with van der Waals surface area (Å²) in [5.41, 5.74) is 2.04. The fourth-order valence-corrected chi connectivity index (χ4v) is 1.80. The van der Waals surface area contributed by atoms with Crippen LogP contribution in [0.2, 0.25) is 0 Å². The molecule has 1 aliphatic heterocycles. The second kappa shape index (κ2) is 2.41. The number of ketones is 1. The molecular formula is C8H6BrNO. The van der Waals surface area contributed by atoms with E-state index in [2.05, 4.69) is 20.9 Å². The lowest BCUT2D eigenvalue weighted by Crippen LogP contribution is -2.07. The Labute approximate surface area is 72.8 Å². The van der Waals surface area contributed by atoms with Crippen LogP contribution in [0.25, 0.3) is 0 Å². The van der Waals surface area contributed by atoms with Gasteiger partial charge in [-0.25, -0.2) is 0 Å². The van der Waals surface area contributed by atoms with Crippen LogP contribution in [0.5, 0.6) is 0 Å². The van der Waals surface area contributed by atoms with Crippen LogP contribution >= 0.6 is 15.9 Å². The van der Waals surface area contributed by atoms with Gasteiger partial charge in [-0.1, -0.05) is 0 Å². The summed E-state index contributed by atoms with van der Waals surface area (Å²) < 4.78 is 0.691. The normalized spacial score (nSPS) is 22.3. The lowest BCUT2D eigenvalue weighted by atomic mass is 10.0. The minimum atomic E-state index is 0.0563. The largest absolute Gasteiger partial charge is 0.289 e. The predicted molar refractivity (Wildman–Crippen MR) is 47.0 cm³/mol. The standard InChI is InChI=1S/C8H6BrNO/c9-8-5-3-4-10-6(5)1-2-7(8)11/h1-2H,3-4H2. The summed E-state index contributed by atoms with van der Waals surface area (Å²) in [7, 11) is 0. The van der Waals surface area contributed by atoms with E-state index in [9.17, 15) is 4.79 Å². The molecular weight excluding hydrogens is 206 g/mol. The fraction of sp³-hybridized carbons (Fsp3) is 0.250. The molecule has 0 aromatic carbocycles. The summed E-state index contributed by atoms with van der Waals surface area (Å²) in [5.74, 6) is 0.0563. The maximum atomic E-state index is 11.1. The minimum Gasteiger partial charge on any atom is -0.289 e. The highest BCUT2D eigenvalue weighted by molar-refractivity contribution is 9.12. The Bertz CT molecular complexity index is 312. The van der Waals surface area contributed by atoms with Gasteiger partial charge in [0.15, 0.2) is 5.78 Å². The molecule has 3 heteroatoms. The van der Waals surface area contributed by atoms with Crippen LogP contribution in [0.15, 0.2) is 27.2 Å². The second-order valence-corrected chi connectivity index (χ2v) is 3.30. The molecule has 11 heavy (non-hydrogen) atoms. The van der Waals surface area contributed by atoms with Gasteiger partial charge in [0.2, 0.25) is 0 Å². The van der Waals surface area contributed by atoms with Crippen molar-refractivity contribution in [2.75, 3.05) is 6.54 Å². The van der Waals surface area contributed by atoms with Crippen LogP contribution in [0, 0.1) is 0 Å². The number of carbonyl (C=O) groups is 1. The highest BCUT2D eigenvalue weighted by atomic mass is 79.9. The summed E-state index contributed by atoms with van der Waals surface area (Å²) in [5, 5.41) is 0. The van der Waals surface area contributed by atoms with Crippen LogP contribution in [0.4, 0.5) is 0 Å². The zero-order valence-corrected chi connectivity index (χ0v) is 7.39. The summed E-state index contributed by atoms with van der Waals surface area (Å²) in [6.45, 7) is 0.817. The van der Waals surface area contributed by atoms with E-state index in [-0.39, 0.29) is 5.78 Å². The summed E-state index contributed by atoms with van der Waals surface area (Å²) >= 11 is 3.26. The first-order valence-corrected chi connectivity index (χ1v) is 4.24. The van der Waals surface area contributed by atoms with E-state index >= 15 is 0 Å². The number of carbonyl (C=O) groups excluding carboxylic acids is 1. The van der Waals surface area contributed by atoms with Crippen molar-refractivity contribution in [3.63, 3.8) is 0 Å². The van der Waals surface area contributed by atoms with Gasteiger partial charge < -0.3 is 0 Å². The molecule has 56 valence electrons. The number of allylic oxidation sites excluding steroid dienone is 3. The van der Waals surface area contributed by atoms with Gasteiger partial charge >= 0.3 is 0 Å². The van der Waals surface area contributed by atoms with Crippen LogP contribution < -0.4 is 0 Å². The molecule has 1 aliphatic carbocycles. The number of aliphatic imine (C=N–C) groups is 1. The molecule has 0 N–H and O–H groups in total. The molecule has 0 aromatic rings. The molecule has 1 heterocycles. The highest BCUT2D eigenvalue weighted by Crippen LogP contribution is 2.26. The first kappa shape index (κ1) is 6.98. The first-order valence-electron chi connectivity index (χ1n) is 3.45. The van der Waals surface area contributed by atoms with E-state index in [0.717, 1.165) is 24.3 Å². The molecule has 0 fully saturated rings. The van der Waals surface area contributed by atoms with Gasteiger partial charge in [-0.05, 0) is 40.1 Å². The maximum Gasteiger partial charge on any atom is 0.193 e. The Morgan fingerprint density at radius 3 is 3.09 bits per heavy atom. The Balaban J connectivity index is 2.52. The van der Waals surface area contributed by atoms with E-state index in [1.807, 2.05) is 0 Å². The Morgan fingerprint density at radius 1 is 1.45 bits per heavy atom. The molecule has 0 spiro atoms. The average Bonchev–Trinajstić information content (AvgIpc) is 2.45. The molecule has 2 rings (SSSR count). The van der Waals surface area contributed by atoms with Gasteiger partial charge in [0.25, 0.3) is 0 Å². The highest BCUT2D eigenvalue weighted by Gasteiger charge is 2.21. The third-order valence-electron chi connectivity index (χ3n) is 1.83. The van der Waals surface area contributed by atoms with Crippen LogP contribution in [-0.4, -0.2) is 18.0 Å². The molecule has 0 bridgehead atoms. The van der Waals surface area contributed by atoms with Gasteiger partial charge in [0, 0.05) is 6.54 Å². The monoisotopic (exact) mass is 211 g/mol. The number of halogens is 1. The van der Waals surface area contributed by atoms with Crippen molar-refractivity contribution in [1.82, 2.24) is 0 Å². The predicted octanol–water partition coefficient (Wildman–Crippen LogP) is 1.62. The van der Waals surface area contributed by atoms with E-state index in [1.54, 1.807) is 12.2 Å². The molecule has 0 amide bonds. The van der Waals surface area contributed by atoms with Crippen LogP contribution in [0.3, 0.4) is 0 Å². The summed E-state index contributed by atoms with van der Waals surface area (Å²) in [6.07, 6.45) is 4.24. The molecule has 0 radical (unpaired) electrons. The lowest BCUT2D eigenvalue weighted by molar-refractivity contribution is -0.110. The number of nitrogens with zero attached hydrogens (tertiary/aromatic N) is 1. The third-order valence-corrected chi connectivity index (χ3v) is 2.70. The first-order chi connectivity index (χ1) is 5.29. The zero-order chi connectivity index (χ0) is 7.84. The van der Waals surface area contributed by atoms with Crippen molar-refractivity contribution < 1.29 is 4.79 Å². The van der Waals surface area contributed by atoms with Gasteiger partial charge in [-0.2, -0.15) is 0 Å². The van der Waals surface area contributed by atoms with Crippen molar-refractivity contribution >= 4 is 27.4 Å². The zero-order valence-electron chi connectivity index (χ0n) is 5.80. The maximum absolute atomic E-state index is 11.1.